The molecule has 1 amide bonds. The second-order valence-corrected chi connectivity index (χ2v) is 8.19. The quantitative estimate of drug-likeness (QED) is 0.575. The van der Waals surface area contributed by atoms with Crippen molar-refractivity contribution in [2.75, 3.05) is 26.4 Å². The number of carbonyl (C=O) groups excluding carboxylic acids is 1. The second kappa shape index (κ2) is 11.4. The number of alkyl carbamates (subject to hydrolysis) is 1. The van der Waals surface area contributed by atoms with E-state index in [1.807, 2.05) is 45.9 Å². The van der Waals surface area contributed by atoms with E-state index in [0.29, 0.717) is 32.8 Å². The monoisotopic (exact) mass is 357 g/mol. The fourth-order valence-corrected chi connectivity index (χ4v) is 5.45. The van der Waals surface area contributed by atoms with Crippen LogP contribution in [0, 0.1) is 5.92 Å². The SMILES string of the molecule is CCO[Si](OCC)(OCC)C(CC)NC(=O)OCC1C=CC=CC1. The minimum atomic E-state index is -2.99. The van der Waals surface area contributed by atoms with Crippen molar-refractivity contribution in [2.24, 2.45) is 5.92 Å². The van der Waals surface area contributed by atoms with Crippen molar-refractivity contribution in [2.45, 2.75) is 46.2 Å². The average Bonchev–Trinajstić information content (AvgIpc) is 2.59. The van der Waals surface area contributed by atoms with Crippen LogP contribution in [0.3, 0.4) is 0 Å². The van der Waals surface area contributed by atoms with Crippen LogP contribution in [-0.2, 0) is 18.0 Å². The van der Waals surface area contributed by atoms with Gasteiger partial charge >= 0.3 is 14.9 Å². The van der Waals surface area contributed by atoms with Crippen LogP contribution < -0.4 is 5.32 Å². The standard InChI is InChI=1S/C17H31NO5Si/c1-5-16(24(21-6-2,22-7-3)23-8-4)18-17(19)20-14-15-12-10-9-11-13-15/h9-12,15-16H,5-8,13-14H2,1-4H3,(H,18,19). The molecule has 0 heterocycles. The van der Waals surface area contributed by atoms with E-state index in [-0.39, 0.29) is 11.6 Å². The van der Waals surface area contributed by atoms with E-state index in [9.17, 15) is 4.79 Å². The van der Waals surface area contributed by atoms with Crippen molar-refractivity contribution in [1.82, 2.24) is 5.32 Å². The van der Waals surface area contributed by atoms with Gasteiger partial charge in [-0.3, -0.25) is 0 Å². The molecule has 1 aliphatic carbocycles. The Bertz CT molecular complexity index is 410. The number of nitrogens with one attached hydrogen (secondary N) is 1. The highest BCUT2D eigenvalue weighted by molar-refractivity contribution is 6.62. The molecule has 0 radical (unpaired) electrons. The number of allylic oxidation sites excluding steroid dienone is 3. The Morgan fingerprint density at radius 2 is 1.75 bits per heavy atom. The summed E-state index contributed by atoms with van der Waals surface area (Å²) >= 11 is 0. The minimum absolute atomic E-state index is 0.230. The Kier molecular flexibility index (Phi) is 9.93. The number of rotatable bonds is 11. The fraction of sp³-hybridized carbons (Fsp3) is 0.706. The van der Waals surface area contributed by atoms with Gasteiger partial charge in [0.25, 0.3) is 0 Å². The van der Waals surface area contributed by atoms with E-state index in [0.717, 1.165) is 6.42 Å². The predicted octanol–water partition coefficient (Wildman–Crippen LogP) is 3.21. The first kappa shape index (κ1) is 20.9. The van der Waals surface area contributed by atoms with Crippen LogP contribution >= 0.6 is 0 Å². The Balaban J connectivity index is 2.64. The molecule has 0 aliphatic heterocycles. The van der Waals surface area contributed by atoms with E-state index in [2.05, 4.69) is 11.4 Å². The van der Waals surface area contributed by atoms with Gasteiger partial charge in [-0.25, -0.2) is 4.79 Å². The molecule has 138 valence electrons. The molecule has 0 aromatic rings. The summed E-state index contributed by atoms with van der Waals surface area (Å²) in [7, 11) is -2.99. The van der Waals surface area contributed by atoms with Crippen LogP contribution in [0.2, 0.25) is 0 Å². The third kappa shape index (κ3) is 6.39. The molecule has 0 bridgehead atoms. The highest BCUT2D eigenvalue weighted by Crippen LogP contribution is 2.18. The van der Waals surface area contributed by atoms with Gasteiger partial charge in [-0.1, -0.05) is 31.2 Å². The van der Waals surface area contributed by atoms with Crippen LogP contribution in [0.25, 0.3) is 0 Å². The van der Waals surface area contributed by atoms with Gasteiger partial charge in [0, 0.05) is 25.7 Å². The summed E-state index contributed by atoms with van der Waals surface area (Å²) in [4.78, 5) is 12.2. The summed E-state index contributed by atoms with van der Waals surface area (Å²) in [5, 5.41) is 2.89. The van der Waals surface area contributed by atoms with Gasteiger partial charge in [0.2, 0.25) is 0 Å². The first-order chi connectivity index (χ1) is 11.6. The summed E-state index contributed by atoms with van der Waals surface area (Å²) in [5.41, 5.74) is -0.327. The van der Waals surface area contributed by atoms with Crippen molar-refractivity contribution >= 4 is 14.9 Å². The smallest absolute Gasteiger partial charge is 0.449 e. The lowest BCUT2D eigenvalue weighted by molar-refractivity contribution is 0.0549. The third-order valence-corrected chi connectivity index (χ3v) is 7.14. The zero-order valence-corrected chi connectivity index (χ0v) is 16.2. The summed E-state index contributed by atoms with van der Waals surface area (Å²) in [5.74, 6) is 0.230. The number of amides is 1. The molecule has 0 saturated carbocycles. The van der Waals surface area contributed by atoms with Crippen LogP contribution in [0.15, 0.2) is 24.3 Å². The van der Waals surface area contributed by atoms with Crippen molar-refractivity contribution in [3.63, 3.8) is 0 Å². The van der Waals surface area contributed by atoms with Crippen molar-refractivity contribution in [1.29, 1.82) is 0 Å². The van der Waals surface area contributed by atoms with E-state index in [1.165, 1.54) is 0 Å². The van der Waals surface area contributed by atoms with Gasteiger partial charge in [0.1, 0.15) is 5.67 Å². The van der Waals surface area contributed by atoms with Crippen molar-refractivity contribution in [3.8, 4) is 0 Å². The lowest BCUT2D eigenvalue weighted by Gasteiger charge is -2.34. The molecule has 0 fully saturated rings. The van der Waals surface area contributed by atoms with E-state index in [1.54, 1.807) is 0 Å². The van der Waals surface area contributed by atoms with Crippen LogP contribution in [-0.4, -0.2) is 47.0 Å². The molecule has 2 unspecified atom stereocenters. The lowest BCUT2D eigenvalue weighted by Crippen LogP contribution is -2.63. The van der Waals surface area contributed by atoms with Crippen molar-refractivity contribution in [3.05, 3.63) is 24.3 Å². The molecular weight excluding hydrogens is 326 g/mol. The average molecular weight is 358 g/mol. The van der Waals surface area contributed by atoms with Crippen LogP contribution in [0.5, 0.6) is 0 Å². The Hall–Kier alpha value is -1.15. The molecule has 1 N–H and O–H groups in total. The molecule has 1 rings (SSSR count). The molecule has 6 nitrogen and oxygen atoms in total. The fourth-order valence-electron chi connectivity index (χ4n) is 2.59. The van der Waals surface area contributed by atoms with E-state index in [4.69, 9.17) is 18.0 Å². The van der Waals surface area contributed by atoms with Crippen LogP contribution in [0.1, 0.15) is 40.5 Å². The number of hydrogen-bond acceptors (Lipinski definition) is 5. The number of ether oxygens (including phenoxy) is 1. The normalized spacial score (nSPS) is 18.4. The zero-order chi connectivity index (χ0) is 17.8. The maximum Gasteiger partial charge on any atom is 0.524 e. The summed E-state index contributed by atoms with van der Waals surface area (Å²) in [6.07, 6.45) is 9.16. The predicted molar refractivity (Wildman–Crippen MR) is 95.6 cm³/mol. The molecule has 1 aliphatic rings. The summed E-state index contributed by atoms with van der Waals surface area (Å²) < 4.78 is 23.0. The first-order valence-corrected chi connectivity index (χ1v) is 10.6. The van der Waals surface area contributed by atoms with Gasteiger partial charge in [0.15, 0.2) is 0 Å². The molecule has 0 saturated heterocycles. The molecule has 7 heteroatoms. The summed E-state index contributed by atoms with van der Waals surface area (Å²) in [6.45, 7) is 9.43. The van der Waals surface area contributed by atoms with Gasteiger partial charge < -0.3 is 23.3 Å². The largest absolute Gasteiger partial charge is 0.524 e. The molecular formula is C17H31NO5Si. The molecule has 2 atom stereocenters. The Morgan fingerprint density at radius 1 is 1.12 bits per heavy atom. The van der Waals surface area contributed by atoms with Gasteiger partial charge in [-0.15, -0.1) is 0 Å². The van der Waals surface area contributed by atoms with Crippen molar-refractivity contribution < 1.29 is 22.8 Å². The lowest BCUT2D eigenvalue weighted by atomic mass is 10.0. The first-order valence-electron chi connectivity index (χ1n) is 8.80. The van der Waals surface area contributed by atoms with Gasteiger partial charge in [0.05, 0.1) is 6.61 Å². The molecule has 0 aromatic heterocycles. The maximum atomic E-state index is 12.2. The van der Waals surface area contributed by atoms with Crippen LogP contribution in [0.4, 0.5) is 4.79 Å². The zero-order valence-electron chi connectivity index (χ0n) is 15.2. The maximum absolute atomic E-state index is 12.2. The molecule has 0 aromatic carbocycles. The van der Waals surface area contributed by atoms with E-state index < -0.39 is 14.9 Å². The highest BCUT2D eigenvalue weighted by Gasteiger charge is 2.49. The highest BCUT2D eigenvalue weighted by atomic mass is 28.4. The summed E-state index contributed by atoms with van der Waals surface area (Å²) in [6, 6.07) is 0. The number of carbonyl (C=O) groups is 1. The van der Waals surface area contributed by atoms with E-state index >= 15 is 0 Å². The van der Waals surface area contributed by atoms with Gasteiger partial charge in [-0.2, -0.15) is 0 Å². The molecule has 0 spiro atoms. The molecule has 24 heavy (non-hydrogen) atoms. The Labute approximate surface area is 146 Å². The third-order valence-electron chi connectivity index (χ3n) is 3.66. The van der Waals surface area contributed by atoms with Gasteiger partial charge in [-0.05, 0) is 33.6 Å². The minimum Gasteiger partial charge on any atom is -0.449 e. The topological polar surface area (TPSA) is 66.0 Å². The number of hydrogen-bond donors (Lipinski definition) is 1. The Morgan fingerprint density at radius 3 is 2.21 bits per heavy atom. The second-order valence-electron chi connectivity index (χ2n) is 5.42.